The number of carboxylic acid groups (broad SMARTS) is 1. The zero-order valence-electron chi connectivity index (χ0n) is 21.8. The molecule has 1 saturated carbocycles. The van der Waals surface area contributed by atoms with Crippen LogP contribution in [0, 0.1) is 0 Å². The molecule has 212 valence electrons. The number of aliphatic carboxylic acids is 1. The van der Waals surface area contributed by atoms with Crippen LogP contribution in [-0.4, -0.2) is 81.5 Å². The number of thioether (sulfide) groups is 2. The van der Waals surface area contributed by atoms with Gasteiger partial charge >= 0.3 is 40.7 Å². The molecule has 2 fully saturated rings. The number of β-lactam (4-membered cyclic amide) rings is 1. The molecule has 0 radical (unpaired) electrons. The molecule has 1 aliphatic carbocycles. The number of aromatic nitrogens is 5. The number of nitrogens with zero attached hydrogens (tertiary/aromatic N) is 6. The van der Waals surface area contributed by atoms with E-state index in [1.54, 1.807) is 0 Å². The first kappa shape index (κ1) is 31.2. The van der Waals surface area contributed by atoms with Crippen molar-refractivity contribution >= 4 is 63.7 Å². The fourth-order valence-electron chi connectivity index (χ4n) is 4.37. The number of hydrogen-bond acceptors (Lipinski definition) is 15. The zero-order valence-corrected chi connectivity index (χ0v) is 26.3. The van der Waals surface area contributed by atoms with Crippen LogP contribution in [0.2, 0.25) is 0 Å². The number of nitrogens with two attached hydrogens (primary N) is 1. The van der Waals surface area contributed by atoms with Crippen LogP contribution < -0.4 is 56.8 Å². The van der Waals surface area contributed by atoms with E-state index in [0.717, 1.165) is 53.9 Å². The number of rotatable bonds is 9. The number of aryl methyl sites for hydroxylation is 1. The van der Waals surface area contributed by atoms with Gasteiger partial charge in [0.15, 0.2) is 10.3 Å². The number of fused-ring (bicyclic) bond motifs is 1. The van der Waals surface area contributed by atoms with Gasteiger partial charge < -0.3 is 25.8 Å². The number of carbonyl (C=O) groups excluding carboxylic acids is 3. The van der Waals surface area contributed by atoms with Crippen molar-refractivity contribution in [1.29, 1.82) is 0 Å². The summed E-state index contributed by atoms with van der Waals surface area (Å²) in [5.41, 5.74) is 3.62. The summed E-state index contributed by atoms with van der Waals surface area (Å²) < 4.78 is 5.28. The third-order valence-electron chi connectivity index (χ3n) is 6.31. The Morgan fingerprint density at radius 3 is 2.66 bits per heavy atom. The minimum atomic E-state index is -1.56. The molecule has 2 aliphatic heterocycles. The van der Waals surface area contributed by atoms with Gasteiger partial charge in [-0.25, -0.2) is 0 Å². The zero-order chi connectivity index (χ0) is 28.6. The van der Waals surface area contributed by atoms with E-state index < -0.39 is 40.3 Å². The molecule has 4 N–H and O–H groups in total. The smallest absolute Gasteiger partial charge is 0.543 e. The van der Waals surface area contributed by atoms with E-state index >= 15 is 0 Å². The summed E-state index contributed by atoms with van der Waals surface area (Å²) in [7, 11) is 1.48. The maximum atomic E-state index is 13.2. The molecule has 3 aliphatic rings. The van der Waals surface area contributed by atoms with Gasteiger partial charge in [-0.2, -0.15) is 14.3 Å². The molecular formula is C21H22N9NaO7S3. The van der Waals surface area contributed by atoms with E-state index in [2.05, 4.69) is 29.9 Å². The van der Waals surface area contributed by atoms with Crippen molar-refractivity contribution in [2.45, 2.75) is 48.4 Å². The Balaban J connectivity index is 0.00000387. The summed E-state index contributed by atoms with van der Waals surface area (Å²) in [6.07, 6.45) is 3.43. The molecule has 16 nitrogen and oxygen atoms in total. The van der Waals surface area contributed by atoms with Crippen LogP contribution in [0.15, 0.2) is 31.2 Å². The number of carboxylic acids is 1. The number of oxime groups is 1. The molecule has 41 heavy (non-hydrogen) atoms. The Kier molecular flexibility index (Phi) is 9.96. The second kappa shape index (κ2) is 13.1. The second-order valence-electron chi connectivity index (χ2n) is 9.00. The molecule has 2 aromatic rings. The van der Waals surface area contributed by atoms with Gasteiger partial charge in [0.25, 0.3) is 11.8 Å². The molecule has 2 atom stereocenters. The molecule has 0 spiro atoms. The van der Waals surface area contributed by atoms with Crippen LogP contribution in [0.3, 0.4) is 0 Å². The predicted molar refractivity (Wildman–Crippen MR) is 142 cm³/mol. The van der Waals surface area contributed by atoms with Crippen molar-refractivity contribution in [2.24, 2.45) is 12.2 Å². The Bertz CT molecular complexity index is 1550. The number of carbonyl (C=O) groups is 3. The average Bonchev–Trinajstić information content (AvgIpc) is 3.60. The first-order chi connectivity index (χ1) is 19.1. The first-order valence-corrected chi connectivity index (χ1v) is 14.8. The van der Waals surface area contributed by atoms with E-state index in [1.807, 2.05) is 0 Å². The number of nitrogen functional groups attached to an aromatic ring is 1. The number of nitrogens with one attached hydrogen (secondary N) is 2. The minimum Gasteiger partial charge on any atom is -0.543 e. The summed E-state index contributed by atoms with van der Waals surface area (Å²) in [6, 6.07) is -1.05. The van der Waals surface area contributed by atoms with Crippen molar-refractivity contribution in [3.63, 3.8) is 0 Å². The summed E-state index contributed by atoms with van der Waals surface area (Å²) >= 11 is 3.14. The van der Waals surface area contributed by atoms with Crippen molar-refractivity contribution in [1.82, 2.24) is 34.3 Å². The Morgan fingerprint density at radius 2 is 2.00 bits per heavy atom. The standard InChI is InChI=1S/C21H23N9O7S3.Na/c1-29-21(25-15(32)16(33)26-29)39-7-8-6-38-18-11(17(34)30(18)12(8)19(35)36)23-14(31)10(13-24-20(22)40-28-13)27-37-9-4-2-3-5-9;/h9,11,18H,2-7H2,1H3,(H,23,31)(H,26,33)(H,35,36)(H2,22,24,28);/q;+1/p-1/t11-,18-;/m0./s1. The van der Waals surface area contributed by atoms with Crippen LogP contribution in [0.25, 0.3) is 0 Å². The largest absolute Gasteiger partial charge is 1.00 e. The maximum Gasteiger partial charge on any atom is 1.00 e. The molecule has 1 saturated heterocycles. The number of aromatic amines is 1. The molecular weight excluding hydrogens is 609 g/mol. The van der Waals surface area contributed by atoms with Crippen LogP contribution in [-0.2, 0) is 26.3 Å². The number of hydrogen-bond donors (Lipinski definition) is 3. The Hall–Kier alpha value is -2.71. The van der Waals surface area contributed by atoms with Crippen LogP contribution >= 0.6 is 35.1 Å². The monoisotopic (exact) mass is 631 g/mol. The van der Waals surface area contributed by atoms with E-state index in [-0.39, 0.29) is 74.7 Å². The molecule has 2 amide bonds. The Morgan fingerprint density at radius 1 is 1.27 bits per heavy atom. The summed E-state index contributed by atoms with van der Waals surface area (Å²) in [6.45, 7) is 0. The molecule has 0 aromatic carbocycles. The van der Waals surface area contributed by atoms with Gasteiger partial charge in [0.2, 0.25) is 11.5 Å². The van der Waals surface area contributed by atoms with E-state index in [0.29, 0.717) is 5.57 Å². The third-order valence-corrected chi connectivity index (χ3v) is 9.31. The maximum absolute atomic E-state index is 13.2. The third kappa shape index (κ3) is 6.54. The average molecular weight is 632 g/mol. The van der Waals surface area contributed by atoms with Gasteiger partial charge in [0.1, 0.15) is 17.5 Å². The Labute approximate surface area is 266 Å². The van der Waals surface area contributed by atoms with Gasteiger partial charge in [0, 0.05) is 30.1 Å². The normalized spacial score (nSPS) is 20.8. The van der Waals surface area contributed by atoms with Gasteiger partial charge in [-0.15, -0.1) is 11.8 Å². The number of amides is 2. The predicted octanol–water partition coefficient (Wildman–Crippen LogP) is -5.23. The fourth-order valence-corrected chi connectivity index (χ4v) is 7.21. The molecule has 0 bridgehead atoms. The van der Waals surface area contributed by atoms with Gasteiger partial charge in [-0.3, -0.25) is 33.9 Å². The van der Waals surface area contributed by atoms with Gasteiger partial charge in [0.05, 0.1) is 11.7 Å². The molecule has 4 heterocycles. The van der Waals surface area contributed by atoms with Gasteiger partial charge in [-0.05, 0) is 31.3 Å². The van der Waals surface area contributed by atoms with Gasteiger partial charge in [-0.1, -0.05) is 16.9 Å². The van der Waals surface area contributed by atoms with E-state index in [4.69, 9.17) is 10.6 Å². The summed E-state index contributed by atoms with van der Waals surface area (Å²) in [5, 5.41) is 20.5. The molecule has 0 unspecified atom stereocenters. The summed E-state index contributed by atoms with van der Waals surface area (Å²) in [4.78, 5) is 75.7. The van der Waals surface area contributed by atoms with E-state index in [1.165, 1.54) is 23.5 Å². The SMILES string of the molecule is Cn1[nH]c(=O)c(=O)nc1SCC1=C(C(=O)[O-])N2C(=O)[C@H](NC(=O)C(=NOC3CCCC3)c3nsc(N)n3)[C@@H]2SC1.[Na+]. The topological polar surface area (TPSA) is 231 Å². The fraction of sp³-hybridized carbons (Fsp3) is 0.476. The van der Waals surface area contributed by atoms with Crippen molar-refractivity contribution < 1.29 is 53.9 Å². The van der Waals surface area contributed by atoms with E-state index in [9.17, 15) is 29.1 Å². The molecule has 5 rings (SSSR count). The number of H-pyrrole nitrogens is 1. The molecule has 2 aromatic heterocycles. The minimum absolute atomic E-state index is 0. The van der Waals surface area contributed by atoms with Crippen LogP contribution in [0.1, 0.15) is 31.5 Å². The van der Waals surface area contributed by atoms with Crippen molar-refractivity contribution in [3.8, 4) is 0 Å². The molecule has 20 heteroatoms. The second-order valence-corrected chi connectivity index (χ2v) is 11.8. The van der Waals surface area contributed by atoms with Crippen LogP contribution in [0.4, 0.5) is 5.13 Å². The number of anilines is 1. The van der Waals surface area contributed by atoms with Crippen molar-refractivity contribution in [2.75, 3.05) is 17.2 Å². The quantitative estimate of drug-likeness (QED) is 0.0587. The first-order valence-electron chi connectivity index (χ1n) is 12.0. The summed E-state index contributed by atoms with van der Waals surface area (Å²) in [5.74, 6) is -2.76. The van der Waals surface area contributed by atoms with Crippen molar-refractivity contribution in [3.05, 3.63) is 37.8 Å². The van der Waals surface area contributed by atoms with Crippen LogP contribution in [0.5, 0.6) is 0 Å².